The zero-order valence-electron chi connectivity index (χ0n) is 19.4. The van der Waals surface area contributed by atoms with Gasteiger partial charge in [-0.25, -0.2) is 0 Å². The summed E-state index contributed by atoms with van der Waals surface area (Å²) >= 11 is 0. The summed E-state index contributed by atoms with van der Waals surface area (Å²) in [5.74, 6) is 0.645. The van der Waals surface area contributed by atoms with Crippen molar-refractivity contribution in [3.05, 3.63) is 55.6 Å². The standard InChI is InChI=1S/C25H34N2O2.Co/c1-14-16(3)20(7)24(28)22(18(14)5)12-26-10-9-11-27-13-23-19(6)15(2)17(4)21(8)25(23)29;/h12-13,28-29H,9-11H2,1-8H3;. The topological polar surface area (TPSA) is 65.2 Å². The molecule has 0 atom stereocenters. The maximum atomic E-state index is 10.4. The molecular formula is C25H34CoN2O2. The van der Waals surface area contributed by atoms with Gasteiger partial charge in [0.1, 0.15) is 11.5 Å². The molecule has 0 fully saturated rings. The Labute approximate surface area is 191 Å². The van der Waals surface area contributed by atoms with Crippen LogP contribution in [-0.2, 0) is 16.8 Å². The Morgan fingerprint density at radius 3 is 1.17 bits per heavy atom. The summed E-state index contributed by atoms with van der Waals surface area (Å²) in [6.45, 7) is 17.4. The van der Waals surface area contributed by atoms with E-state index < -0.39 is 0 Å². The average Bonchev–Trinajstić information content (AvgIpc) is 2.71. The van der Waals surface area contributed by atoms with Crippen LogP contribution in [0.2, 0.25) is 0 Å². The first-order valence-corrected chi connectivity index (χ1v) is 10.2. The number of nitrogens with zero attached hydrogens (tertiary/aromatic N) is 2. The Balaban J connectivity index is 0.00000450. The molecule has 0 saturated carbocycles. The van der Waals surface area contributed by atoms with Gasteiger partial charge in [-0.15, -0.1) is 0 Å². The largest absolute Gasteiger partial charge is 0.507 e. The monoisotopic (exact) mass is 453 g/mol. The van der Waals surface area contributed by atoms with Crippen molar-refractivity contribution in [1.82, 2.24) is 0 Å². The van der Waals surface area contributed by atoms with E-state index in [1.54, 1.807) is 12.4 Å². The second kappa shape index (κ2) is 10.8. The summed E-state index contributed by atoms with van der Waals surface area (Å²) in [5.41, 5.74) is 10.2. The molecule has 0 heterocycles. The Bertz CT molecular complexity index is 854. The molecule has 30 heavy (non-hydrogen) atoms. The molecule has 0 unspecified atom stereocenters. The zero-order valence-corrected chi connectivity index (χ0v) is 20.4. The van der Waals surface area contributed by atoms with Gasteiger partial charge in [0.05, 0.1) is 0 Å². The molecule has 2 aromatic carbocycles. The number of hydrogen-bond acceptors (Lipinski definition) is 4. The minimum atomic E-state index is 0. The summed E-state index contributed by atoms with van der Waals surface area (Å²) in [6.07, 6.45) is 4.35. The van der Waals surface area contributed by atoms with Gasteiger partial charge in [-0.3, -0.25) is 9.98 Å². The SMILES string of the molecule is Cc1c(C)c(C)c(C=NCCCN=Cc2c(C)c(C)c(C)c(C)c2O)c(O)c1C.[Co]. The van der Waals surface area contributed by atoms with Gasteiger partial charge in [0.15, 0.2) is 0 Å². The van der Waals surface area contributed by atoms with Crippen molar-refractivity contribution in [3.63, 3.8) is 0 Å². The summed E-state index contributed by atoms with van der Waals surface area (Å²) in [6, 6.07) is 0. The normalized spacial score (nSPS) is 11.5. The second-order valence-electron chi connectivity index (χ2n) is 7.95. The molecule has 2 rings (SSSR count). The molecule has 0 aliphatic carbocycles. The first kappa shape index (κ1) is 25.9. The number of hydrogen-bond donors (Lipinski definition) is 2. The first-order chi connectivity index (χ1) is 13.6. The summed E-state index contributed by atoms with van der Waals surface area (Å²) in [5, 5.41) is 20.9. The predicted molar refractivity (Wildman–Crippen MR) is 124 cm³/mol. The number of rotatable bonds is 6. The van der Waals surface area contributed by atoms with E-state index in [4.69, 9.17) is 0 Å². The van der Waals surface area contributed by atoms with E-state index in [-0.39, 0.29) is 16.8 Å². The predicted octanol–water partition coefficient (Wildman–Crippen LogP) is 5.49. The van der Waals surface area contributed by atoms with Crippen LogP contribution in [0.1, 0.15) is 62.1 Å². The molecule has 0 aliphatic rings. The van der Waals surface area contributed by atoms with Crippen LogP contribution in [-0.4, -0.2) is 35.7 Å². The molecule has 4 nitrogen and oxygen atoms in total. The van der Waals surface area contributed by atoms with Gasteiger partial charge in [-0.05, 0) is 106 Å². The molecule has 0 spiro atoms. The van der Waals surface area contributed by atoms with Crippen LogP contribution >= 0.6 is 0 Å². The van der Waals surface area contributed by atoms with Gasteiger partial charge < -0.3 is 10.2 Å². The third-order valence-corrected chi connectivity index (χ3v) is 6.42. The molecule has 2 N–H and O–H groups in total. The minimum Gasteiger partial charge on any atom is -0.507 e. The second-order valence-corrected chi connectivity index (χ2v) is 7.95. The Hall–Kier alpha value is -2.11. The fourth-order valence-corrected chi connectivity index (χ4v) is 3.52. The smallest absolute Gasteiger partial charge is 0.127 e. The Kier molecular flexibility index (Phi) is 9.31. The maximum absolute atomic E-state index is 10.4. The Morgan fingerprint density at radius 2 is 0.833 bits per heavy atom. The van der Waals surface area contributed by atoms with E-state index >= 15 is 0 Å². The van der Waals surface area contributed by atoms with Gasteiger partial charge in [0, 0.05) is 53.4 Å². The van der Waals surface area contributed by atoms with Gasteiger partial charge in [-0.1, -0.05) is 0 Å². The van der Waals surface area contributed by atoms with Crippen molar-refractivity contribution in [2.24, 2.45) is 9.98 Å². The molecule has 1 radical (unpaired) electrons. The van der Waals surface area contributed by atoms with Gasteiger partial charge in [0.2, 0.25) is 0 Å². The molecule has 0 aliphatic heterocycles. The average molecular weight is 453 g/mol. The van der Waals surface area contributed by atoms with Crippen LogP contribution < -0.4 is 0 Å². The van der Waals surface area contributed by atoms with Crippen LogP contribution in [0.25, 0.3) is 0 Å². The van der Waals surface area contributed by atoms with E-state index in [9.17, 15) is 10.2 Å². The van der Waals surface area contributed by atoms with Gasteiger partial charge in [0.25, 0.3) is 0 Å². The minimum absolute atomic E-state index is 0. The van der Waals surface area contributed by atoms with E-state index in [1.807, 2.05) is 41.5 Å². The van der Waals surface area contributed by atoms with Crippen LogP contribution in [0, 0.1) is 55.4 Å². The van der Waals surface area contributed by atoms with Crippen molar-refractivity contribution >= 4 is 12.4 Å². The number of phenolic OH excluding ortho intramolecular Hbond substituents is 2. The van der Waals surface area contributed by atoms with Crippen LogP contribution in [0.3, 0.4) is 0 Å². The fraction of sp³-hybridized carbons (Fsp3) is 0.440. The van der Waals surface area contributed by atoms with Crippen molar-refractivity contribution in [2.45, 2.75) is 61.8 Å². The Morgan fingerprint density at radius 1 is 0.533 bits per heavy atom. The van der Waals surface area contributed by atoms with Crippen molar-refractivity contribution < 1.29 is 27.0 Å². The van der Waals surface area contributed by atoms with E-state index in [0.29, 0.717) is 24.6 Å². The summed E-state index contributed by atoms with van der Waals surface area (Å²) in [7, 11) is 0. The third kappa shape index (κ3) is 5.13. The molecule has 165 valence electrons. The van der Waals surface area contributed by atoms with Gasteiger partial charge >= 0.3 is 0 Å². The molecule has 2 aromatic rings. The van der Waals surface area contributed by atoms with Crippen LogP contribution in [0.5, 0.6) is 11.5 Å². The molecule has 5 heteroatoms. The van der Waals surface area contributed by atoms with Crippen molar-refractivity contribution in [3.8, 4) is 11.5 Å². The first-order valence-electron chi connectivity index (χ1n) is 10.2. The van der Waals surface area contributed by atoms with Crippen molar-refractivity contribution in [2.75, 3.05) is 13.1 Å². The zero-order chi connectivity index (χ0) is 21.9. The molecule has 0 amide bonds. The number of phenols is 2. The summed E-state index contributed by atoms with van der Waals surface area (Å²) in [4.78, 5) is 8.97. The molecule has 0 aromatic heterocycles. The van der Waals surface area contributed by atoms with E-state index in [2.05, 4.69) is 23.8 Å². The van der Waals surface area contributed by atoms with E-state index in [0.717, 1.165) is 50.9 Å². The van der Waals surface area contributed by atoms with Crippen molar-refractivity contribution in [1.29, 1.82) is 0 Å². The van der Waals surface area contributed by atoms with Crippen LogP contribution in [0.15, 0.2) is 9.98 Å². The number of benzene rings is 2. The molecule has 0 saturated heterocycles. The number of aromatic hydroxyl groups is 2. The summed E-state index contributed by atoms with van der Waals surface area (Å²) < 4.78 is 0. The third-order valence-electron chi connectivity index (χ3n) is 6.42. The van der Waals surface area contributed by atoms with E-state index in [1.165, 1.54) is 11.1 Å². The van der Waals surface area contributed by atoms with Crippen LogP contribution in [0.4, 0.5) is 0 Å². The fourth-order valence-electron chi connectivity index (χ4n) is 3.52. The quantitative estimate of drug-likeness (QED) is 0.449. The molecular weight excluding hydrogens is 419 g/mol. The maximum Gasteiger partial charge on any atom is 0.127 e. The molecule has 0 bridgehead atoms. The number of aliphatic imine (C=N–C) groups is 2. The van der Waals surface area contributed by atoms with Gasteiger partial charge in [-0.2, -0.15) is 0 Å².